The Hall–Kier alpha value is -1.95. The van der Waals surface area contributed by atoms with Gasteiger partial charge in [0.1, 0.15) is 0 Å². The largest absolute Gasteiger partial charge is 0.302 e. The molecule has 0 aliphatic heterocycles. The molecule has 2 rings (SSSR count). The summed E-state index contributed by atoms with van der Waals surface area (Å²) >= 11 is 5.03. The molecule has 0 radical (unpaired) electrons. The summed E-state index contributed by atoms with van der Waals surface area (Å²) < 4.78 is 0. The van der Waals surface area contributed by atoms with Crippen molar-refractivity contribution in [2.75, 3.05) is 0 Å². The van der Waals surface area contributed by atoms with Gasteiger partial charge in [0.05, 0.1) is 6.42 Å². The van der Waals surface area contributed by atoms with Crippen LogP contribution in [0, 0.1) is 5.92 Å². The predicted octanol–water partition coefficient (Wildman–Crippen LogP) is 2.61. The highest BCUT2D eigenvalue weighted by Crippen LogP contribution is 2.27. The van der Waals surface area contributed by atoms with E-state index in [1.807, 2.05) is 30.3 Å². The molecule has 2 amide bonds. The number of hydrogen-bond donors (Lipinski definition) is 3. The van der Waals surface area contributed by atoms with Gasteiger partial charge in [-0.15, -0.1) is 0 Å². The van der Waals surface area contributed by atoms with Crippen LogP contribution in [0.1, 0.15) is 50.5 Å². The number of amides is 2. The lowest BCUT2D eigenvalue weighted by molar-refractivity contribution is -0.122. The maximum Gasteiger partial charge on any atom is 0.242 e. The van der Waals surface area contributed by atoms with Crippen molar-refractivity contribution in [3.63, 3.8) is 0 Å². The van der Waals surface area contributed by atoms with Crippen LogP contribution in [-0.2, 0) is 16.0 Å². The zero-order valence-electron chi connectivity index (χ0n) is 13.8. The van der Waals surface area contributed by atoms with Crippen molar-refractivity contribution < 1.29 is 9.59 Å². The fourth-order valence-corrected chi connectivity index (χ4v) is 3.15. The first-order chi connectivity index (χ1) is 11.6. The summed E-state index contributed by atoms with van der Waals surface area (Å²) in [6, 6.07) is 9.42. The topological polar surface area (TPSA) is 70.2 Å². The molecule has 0 bridgehead atoms. The van der Waals surface area contributed by atoms with Crippen LogP contribution in [0.3, 0.4) is 0 Å². The normalized spacial score (nSPS) is 14.7. The monoisotopic (exact) mass is 347 g/mol. The van der Waals surface area contributed by atoms with Gasteiger partial charge in [-0.1, -0.05) is 62.4 Å². The molecule has 1 saturated carbocycles. The molecule has 0 spiro atoms. The Morgan fingerprint density at radius 2 is 1.71 bits per heavy atom. The van der Waals surface area contributed by atoms with Gasteiger partial charge in [0.25, 0.3) is 0 Å². The van der Waals surface area contributed by atoms with Gasteiger partial charge in [-0.3, -0.25) is 20.4 Å². The fraction of sp³-hybridized carbons (Fsp3) is 0.500. The predicted molar refractivity (Wildman–Crippen MR) is 98.0 cm³/mol. The smallest absolute Gasteiger partial charge is 0.242 e. The summed E-state index contributed by atoms with van der Waals surface area (Å²) in [6.45, 7) is 0. The molecule has 5 nitrogen and oxygen atoms in total. The van der Waals surface area contributed by atoms with E-state index < -0.39 is 0 Å². The van der Waals surface area contributed by atoms with Crippen LogP contribution < -0.4 is 16.2 Å². The molecule has 6 heteroatoms. The van der Waals surface area contributed by atoms with Gasteiger partial charge in [-0.05, 0) is 30.1 Å². The van der Waals surface area contributed by atoms with Crippen molar-refractivity contribution in [2.24, 2.45) is 5.92 Å². The quantitative estimate of drug-likeness (QED) is 0.566. The fourth-order valence-electron chi connectivity index (χ4n) is 2.98. The minimum Gasteiger partial charge on any atom is -0.302 e. The second kappa shape index (κ2) is 10.0. The maximum absolute atomic E-state index is 11.9. The Kier molecular flexibility index (Phi) is 7.68. The SMILES string of the molecule is O=C(Cc1ccccc1)NNC(=S)NC(=O)CCC1CCCCC1. The van der Waals surface area contributed by atoms with Crippen molar-refractivity contribution >= 4 is 29.1 Å². The highest BCUT2D eigenvalue weighted by Gasteiger charge is 2.15. The molecule has 1 fully saturated rings. The van der Waals surface area contributed by atoms with E-state index in [0.29, 0.717) is 12.3 Å². The minimum absolute atomic E-state index is 0.101. The molecule has 3 N–H and O–H groups in total. The maximum atomic E-state index is 11.9. The molecule has 0 heterocycles. The summed E-state index contributed by atoms with van der Waals surface area (Å²) in [4.78, 5) is 23.7. The third-order valence-corrected chi connectivity index (χ3v) is 4.48. The number of benzene rings is 1. The van der Waals surface area contributed by atoms with Gasteiger partial charge < -0.3 is 5.32 Å². The first kappa shape index (κ1) is 18.4. The van der Waals surface area contributed by atoms with Crippen LogP contribution in [-0.4, -0.2) is 16.9 Å². The second-order valence-corrected chi connectivity index (χ2v) is 6.66. The van der Waals surface area contributed by atoms with E-state index in [2.05, 4.69) is 16.2 Å². The molecule has 0 aromatic heterocycles. The number of carbonyl (C=O) groups excluding carboxylic acids is 2. The van der Waals surface area contributed by atoms with Crippen molar-refractivity contribution in [2.45, 2.75) is 51.4 Å². The van der Waals surface area contributed by atoms with E-state index in [9.17, 15) is 9.59 Å². The summed E-state index contributed by atoms with van der Waals surface area (Å²) in [5.41, 5.74) is 5.98. The minimum atomic E-state index is -0.208. The number of nitrogens with one attached hydrogen (secondary N) is 3. The molecule has 1 aliphatic carbocycles. The van der Waals surface area contributed by atoms with Crippen LogP contribution in [0.4, 0.5) is 0 Å². The van der Waals surface area contributed by atoms with Gasteiger partial charge in [0.15, 0.2) is 5.11 Å². The van der Waals surface area contributed by atoms with Gasteiger partial charge >= 0.3 is 0 Å². The second-order valence-electron chi connectivity index (χ2n) is 6.26. The molecule has 0 unspecified atom stereocenters. The standard InChI is InChI=1S/C18H25N3O2S/c22-16(12-11-14-7-3-1-4-8-14)19-18(24)21-20-17(23)13-15-9-5-2-6-10-15/h2,5-6,9-10,14H,1,3-4,7-8,11-13H2,(H,20,23)(H2,19,21,22,24). The molecule has 1 aromatic rings. The number of rotatable bonds is 5. The van der Waals surface area contributed by atoms with Crippen molar-refractivity contribution in [1.29, 1.82) is 0 Å². The lowest BCUT2D eigenvalue weighted by Gasteiger charge is -2.21. The van der Waals surface area contributed by atoms with Gasteiger partial charge in [-0.2, -0.15) is 0 Å². The van der Waals surface area contributed by atoms with Gasteiger partial charge in [0, 0.05) is 6.42 Å². The Labute approximate surface area is 148 Å². The van der Waals surface area contributed by atoms with E-state index in [1.54, 1.807) is 0 Å². The molecule has 0 atom stereocenters. The lowest BCUT2D eigenvalue weighted by atomic mass is 9.86. The Morgan fingerprint density at radius 1 is 1.00 bits per heavy atom. The molecule has 130 valence electrons. The molecule has 0 saturated heterocycles. The third kappa shape index (κ3) is 7.08. The summed E-state index contributed by atoms with van der Waals surface area (Å²) in [7, 11) is 0. The van der Waals surface area contributed by atoms with Crippen LogP contribution in [0.2, 0.25) is 0 Å². The van der Waals surface area contributed by atoms with Crippen LogP contribution >= 0.6 is 12.2 Å². The average Bonchev–Trinajstić information content (AvgIpc) is 2.60. The van der Waals surface area contributed by atoms with Crippen molar-refractivity contribution in [3.05, 3.63) is 35.9 Å². The first-order valence-electron chi connectivity index (χ1n) is 8.56. The van der Waals surface area contributed by atoms with Gasteiger partial charge in [-0.25, -0.2) is 0 Å². The molecular weight excluding hydrogens is 322 g/mol. The van der Waals surface area contributed by atoms with Crippen LogP contribution in [0.5, 0.6) is 0 Å². The highest BCUT2D eigenvalue weighted by atomic mass is 32.1. The molecular formula is C18H25N3O2S. The lowest BCUT2D eigenvalue weighted by Crippen LogP contribution is -2.48. The van der Waals surface area contributed by atoms with E-state index in [4.69, 9.17) is 12.2 Å². The summed E-state index contributed by atoms with van der Waals surface area (Å²) in [6.07, 6.45) is 7.97. The highest BCUT2D eigenvalue weighted by molar-refractivity contribution is 7.80. The Balaban J connectivity index is 1.59. The average molecular weight is 347 g/mol. The van der Waals surface area contributed by atoms with Gasteiger partial charge in [0.2, 0.25) is 11.8 Å². The first-order valence-corrected chi connectivity index (χ1v) is 8.97. The number of hydrogen-bond acceptors (Lipinski definition) is 3. The number of hydrazine groups is 1. The van der Waals surface area contributed by atoms with E-state index >= 15 is 0 Å². The molecule has 24 heavy (non-hydrogen) atoms. The summed E-state index contributed by atoms with van der Waals surface area (Å²) in [5, 5.41) is 2.74. The Morgan fingerprint density at radius 3 is 2.42 bits per heavy atom. The van der Waals surface area contributed by atoms with E-state index in [0.717, 1.165) is 12.0 Å². The molecule has 1 aliphatic rings. The Bertz CT molecular complexity index is 557. The van der Waals surface area contributed by atoms with E-state index in [-0.39, 0.29) is 23.3 Å². The van der Waals surface area contributed by atoms with Crippen LogP contribution in [0.25, 0.3) is 0 Å². The zero-order valence-corrected chi connectivity index (χ0v) is 14.7. The van der Waals surface area contributed by atoms with E-state index in [1.165, 1.54) is 32.1 Å². The van der Waals surface area contributed by atoms with Crippen LogP contribution in [0.15, 0.2) is 30.3 Å². The van der Waals surface area contributed by atoms with Crippen molar-refractivity contribution in [3.8, 4) is 0 Å². The molecule has 1 aromatic carbocycles. The number of thiocarbonyl (C=S) groups is 1. The zero-order chi connectivity index (χ0) is 17.2. The third-order valence-electron chi connectivity index (χ3n) is 4.28. The van der Waals surface area contributed by atoms with Crippen molar-refractivity contribution in [1.82, 2.24) is 16.2 Å². The summed E-state index contributed by atoms with van der Waals surface area (Å²) in [5.74, 6) is 0.354. The number of carbonyl (C=O) groups is 2.